The quantitative estimate of drug-likeness (QED) is 0.637. The van der Waals surface area contributed by atoms with Crippen LogP contribution < -0.4 is 11.1 Å². The fraction of sp³-hybridized carbons (Fsp3) is 0.154. The molecule has 98 valence electrons. The van der Waals surface area contributed by atoms with Crippen LogP contribution in [0.25, 0.3) is 0 Å². The normalized spacial score (nSPS) is 9.95. The second-order valence-corrected chi connectivity index (χ2v) is 3.82. The number of aromatic nitrogens is 2. The Morgan fingerprint density at radius 3 is 2.95 bits per heavy atom. The molecule has 0 unspecified atom stereocenters. The monoisotopic (exact) mass is 258 g/mol. The third-order valence-corrected chi connectivity index (χ3v) is 2.59. The maximum absolute atomic E-state index is 11.7. The van der Waals surface area contributed by atoms with E-state index in [1.165, 1.54) is 13.4 Å². The van der Waals surface area contributed by atoms with Gasteiger partial charge < -0.3 is 15.8 Å². The first kappa shape index (κ1) is 12.8. The molecule has 2 rings (SSSR count). The van der Waals surface area contributed by atoms with Gasteiger partial charge in [0.1, 0.15) is 6.33 Å². The van der Waals surface area contributed by atoms with Crippen molar-refractivity contribution in [2.24, 2.45) is 0 Å². The summed E-state index contributed by atoms with van der Waals surface area (Å²) in [4.78, 5) is 19.6. The highest BCUT2D eigenvalue weighted by molar-refractivity contribution is 5.98. The molecule has 0 saturated carbocycles. The van der Waals surface area contributed by atoms with Gasteiger partial charge in [0.15, 0.2) is 0 Å². The Hall–Kier alpha value is -2.63. The van der Waals surface area contributed by atoms with E-state index in [-0.39, 0.29) is 0 Å². The predicted molar refractivity (Wildman–Crippen MR) is 71.6 cm³/mol. The number of anilines is 2. The SMILES string of the molecule is COC(=O)c1cccc(N)c1NCc1ccncn1. The minimum Gasteiger partial charge on any atom is -0.465 e. The number of rotatable bonds is 4. The van der Waals surface area contributed by atoms with Crippen LogP contribution in [0.1, 0.15) is 16.1 Å². The number of ether oxygens (including phenoxy) is 1. The molecular formula is C13H14N4O2. The maximum Gasteiger partial charge on any atom is 0.340 e. The lowest BCUT2D eigenvalue weighted by molar-refractivity contribution is 0.0602. The lowest BCUT2D eigenvalue weighted by Gasteiger charge is -2.12. The maximum atomic E-state index is 11.7. The molecule has 0 bridgehead atoms. The highest BCUT2D eigenvalue weighted by Crippen LogP contribution is 2.24. The molecule has 0 amide bonds. The molecule has 0 spiro atoms. The van der Waals surface area contributed by atoms with Crippen molar-refractivity contribution in [2.45, 2.75) is 6.54 Å². The molecule has 0 fully saturated rings. The summed E-state index contributed by atoms with van der Waals surface area (Å²) in [6.45, 7) is 0.445. The summed E-state index contributed by atoms with van der Waals surface area (Å²) in [5.41, 5.74) is 8.11. The molecule has 1 aromatic carbocycles. The van der Waals surface area contributed by atoms with Gasteiger partial charge in [0.2, 0.25) is 0 Å². The first-order chi connectivity index (χ1) is 9.22. The van der Waals surface area contributed by atoms with Gasteiger partial charge in [0, 0.05) is 6.20 Å². The molecule has 2 aromatic rings. The highest BCUT2D eigenvalue weighted by atomic mass is 16.5. The van der Waals surface area contributed by atoms with E-state index in [1.54, 1.807) is 30.5 Å². The third-order valence-electron chi connectivity index (χ3n) is 2.59. The van der Waals surface area contributed by atoms with E-state index >= 15 is 0 Å². The first-order valence-corrected chi connectivity index (χ1v) is 5.68. The standard InChI is InChI=1S/C13H14N4O2/c1-19-13(18)10-3-2-4-11(14)12(10)16-7-9-5-6-15-8-17-9/h2-6,8,16H,7,14H2,1H3. The van der Waals surface area contributed by atoms with Crippen molar-refractivity contribution in [3.05, 3.63) is 48.0 Å². The highest BCUT2D eigenvalue weighted by Gasteiger charge is 2.13. The Labute approximate surface area is 110 Å². The molecule has 0 atom stereocenters. The molecule has 6 nitrogen and oxygen atoms in total. The first-order valence-electron chi connectivity index (χ1n) is 5.68. The summed E-state index contributed by atoms with van der Waals surface area (Å²) in [5, 5.41) is 3.10. The van der Waals surface area contributed by atoms with E-state index in [0.29, 0.717) is 23.5 Å². The van der Waals surface area contributed by atoms with Crippen molar-refractivity contribution in [1.82, 2.24) is 9.97 Å². The summed E-state index contributed by atoms with van der Waals surface area (Å²) in [6, 6.07) is 6.86. The number of para-hydroxylation sites is 1. The third kappa shape index (κ3) is 2.98. The predicted octanol–water partition coefficient (Wildman–Crippen LogP) is 1.46. The summed E-state index contributed by atoms with van der Waals surface area (Å²) >= 11 is 0. The molecule has 0 radical (unpaired) electrons. The van der Waals surface area contributed by atoms with Gasteiger partial charge in [0.25, 0.3) is 0 Å². The van der Waals surface area contributed by atoms with Crippen LogP contribution in [-0.2, 0) is 11.3 Å². The topological polar surface area (TPSA) is 90.1 Å². The second kappa shape index (κ2) is 5.81. The number of carbonyl (C=O) groups excluding carboxylic acids is 1. The number of nitrogens with zero attached hydrogens (tertiary/aromatic N) is 2. The Morgan fingerprint density at radius 2 is 2.26 bits per heavy atom. The lowest BCUT2D eigenvalue weighted by Crippen LogP contribution is -2.11. The molecule has 1 aromatic heterocycles. The van der Waals surface area contributed by atoms with Gasteiger partial charge in [-0.05, 0) is 18.2 Å². The number of methoxy groups -OCH3 is 1. The van der Waals surface area contributed by atoms with Crippen molar-refractivity contribution in [3.8, 4) is 0 Å². The molecule has 0 saturated heterocycles. The van der Waals surface area contributed by atoms with E-state index in [2.05, 4.69) is 15.3 Å². The van der Waals surface area contributed by atoms with Gasteiger partial charge in [0.05, 0.1) is 36.3 Å². The summed E-state index contributed by atoms with van der Waals surface area (Å²) in [7, 11) is 1.33. The molecule has 1 heterocycles. The van der Waals surface area contributed by atoms with Crippen molar-refractivity contribution in [1.29, 1.82) is 0 Å². The van der Waals surface area contributed by atoms with E-state index in [4.69, 9.17) is 10.5 Å². The number of nitrogens with one attached hydrogen (secondary N) is 1. The van der Waals surface area contributed by atoms with Crippen LogP contribution in [0.3, 0.4) is 0 Å². The van der Waals surface area contributed by atoms with Crippen molar-refractivity contribution in [2.75, 3.05) is 18.2 Å². The summed E-state index contributed by atoms with van der Waals surface area (Å²) in [5.74, 6) is -0.433. The minimum atomic E-state index is -0.433. The Morgan fingerprint density at radius 1 is 1.42 bits per heavy atom. The van der Waals surface area contributed by atoms with Crippen LogP contribution >= 0.6 is 0 Å². The fourth-order valence-corrected chi connectivity index (χ4v) is 1.65. The summed E-state index contributed by atoms with van der Waals surface area (Å²) < 4.78 is 4.72. The van der Waals surface area contributed by atoms with Crippen LogP contribution in [-0.4, -0.2) is 23.0 Å². The number of carbonyl (C=O) groups is 1. The number of nitrogen functional groups attached to an aromatic ring is 1. The average molecular weight is 258 g/mol. The molecule has 3 N–H and O–H groups in total. The van der Waals surface area contributed by atoms with Gasteiger partial charge >= 0.3 is 5.97 Å². The van der Waals surface area contributed by atoms with Crippen molar-refractivity contribution >= 4 is 17.3 Å². The fourth-order valence-electron chi connectivity index (χ4n) is 1.65. The molecule has 19 heavy (non-hydrogen) atoms. The van der Waals surface area contributed by atoms with Crippen LogP contribution in [0.15, 0.2) is 36.8 Å². The van der Waals surface area contributed by atoms with Gasteiger partial charge in [-0.1, -0.05) is 6.07 Å². The number of hydrogen-bond acceptors (Lipinski definition) is 6. The number of benzene rings is 1. The Balaban J connectivity index is 2.22. The molecule has 0 aliphatic rings. The molecule has 6 heteroatoms. The number of nitrogens with two attached hydrogens (primary N) is 1. The zero-order valence-corrected chi connectivity index (χ0v) is 10.5. The number of esters is 1. The second-order valence-electron chi connectivity index (χ2n) is 3.82. The van der Waals surface area contributed by atoms with Gasteiger partial charge in [-0.25, -0.2) is 14.8 Å². The average Bonchev–Trinajstić information content (AvgIpc) is 2.46. The van der Waals surface area contributed by atoms with E-state index < -0.39 is 5.97 Å². The van der Waals surface area contributed by atoms with Crippen molar-refractivity contribution in [3.63, 3.8) is 0 Å². The zero-order chi connectivity index (χ0) is 13.7. The van der Waals surface area contributed by atoms with Gasteiger partial charge in [-0.15, -0.1) is 0 Å². The van der Waals surface area contributed by atoms with E-state index in [9.17, 15) is 4.79 Å². The van der Waals surface area contributed by atoms with Crippen molar-refractivity contribution < 1.29 is 9.53 Å². The molecular weight excluding hydrogens is 244 g/mol. The zero-order valence-electron chi connectivity index (χ0n) is 10.5. The van der Waals surface area contributed by atoms with Gasteiger partial charge in [-0.2, -0.15) is 0 Å². The summed E-state index contributed by atoms with van der Waals surface area (Å²) in [6.07, 6.45) is 3.12. The van der Waals surface area contributed by atoms with E-state index in [0.717, 1.165) is 5.69 Å². The smallest absolute Gasteiger partial charge is 0.340 e. The molecule has 0 aliphatic carbocycles. The van der Waals surface area contributed by atoms with Crippen LogP contribution in [0.4, 0.5) is 11.4 Å². The van der Waals surface area contributed by atoms with Crippen LogP contribution in [0, 0.1) is 0 Å². The van der Waals surface area contributed by atoms with Crippen LogP contribution in [0.2, 0.25) is 0 Å². The van der Waals surface area contributed by atoms with Gasteiger partial charge in [-0.3, -0.25) is 0 Å². The molecule has 0 aliphatic heterocycles. The number of hydrogen-bond donors (Lipinski definition) is 2. The lowest BCUT2D eigenvalue weighted by atomic mass is 10.1. The largest absolute Gasteiger partial charge is 0.465 e. The van der Waals surface area contributed by atoms with E-state index in [1.807, 2.05) is 0 Å². The Kier molecular flexibility index (Phi) is 3.92. The minimum absolute atomic E-state index is 0.400. The van der Waals surface area contributed by atoms with Crippen LogP contribution in [0.5, 0.6) is 0 Å². The Bertz CT molecular complexity index is 572.